The molecular weight excluding hydrogens is 315 g/mol. The lowest BCUT2D eigenvalue weighted by molar-refractivity contribution is -0.117. The number of carbonyl (C=O) groups is 1. The number of benzene rings is 1. The average Bonchev–Trinajstić information content (AvgIpc) is 2.77. The zero-order chi connectivity index (χ0) is 14.5. The number of nitrogens with one attached hydrogen (secondary N) is 1. The van der Waals surface area contributed by atoms with Crippen LogP contribution >= 0.6 is 34.5 Å². The summed E-state index contributed by atoms with van der Waals surface area (Å²) in [5, 5.41) is 3.48. The predicted octanol–water partition coefficient (Wildman–Crippen LogP) is 4.13. The Labute approximate surface area is 132 Å². The van der Waals surface area contributed by atoms with Crippen molar-refractivity contribution in [1.29, 1.82) is 0 Å². The van der Waals surface area contributed by atoms with Gasteiger partial charge in [-0.25, -0.2) is 0 Å². The highest BCUT2D eigenvalue weighted by Gasteiger charge is 2.08. The summed E-state index contributed by atoms with van der Waals surface area (Å²) in [5.74, 6) is -0.0579. The lowest BCUT2D eigenvalue weighted by Gasteiger charge is -2.15. The maximum atomic E-state index is 11.9. The Balaban J connectivity index is 1.83. The highest BCUT2D eigenvalue weighted by atomic mass is 35.5. The van der Waals surface area contributed by atoms with Crippen LogP contribution in [0.1, 0.15) is 4.88 Å². The van der Waals surface area contributed by atoms with Gasteiger partial charge in [0.1, 0.15) is 0 Å². The van der Waals surface area contributed by atoms with E-state index in [1.807, 2.05) is 24.1 Å². The number of anilines is 1. The molecule has 0 bridgehead atoms. The first kappa shape index (κ1) is 15.3. The molecule has 1 aromatic carbocycles. The standard InChI is InChI=1S/C14H14Cl2N2OS/c1-18(8-12-6-7-13(16)20-12)9-14(19)17-11-4-2-10(15)3-5-11/h2-7H,8-9H2,1H3,(H,17,19). The van der Waals surface area contributed by atoms with Gasteiger partial charge in [0.15, 0.2) is 0 Å². The SMILES string of the molecule is CN(CC(=O)Nc1ccc(Cl)cc1)Cc1ccc(Cl)s1. The highest BCUT2D eigenvalue weighted by molar-refractivity contribution is 7.16. The zero-order valence-electron chi connectivity index (χ0n) is 10.9. The fraction of sp³-hybridized carbons (Fsp3) is 0.214. The molecule has 0 atom stereocenters. The van der Waals surface area contributed by atoms with Crippen molar-refractivity contribution in [3.8, 4) is 0 Å². The van der Waals surface area contributed by atoms with Crippen LogP contribution in [0.5, 0.6) is 0 Å². The number of amides is 1. The minimum absolute atomic E-state index is 0.0579. The van der Waals surface area contributed by atoms with E-state index in [2.05, 4.69) is 5.32 Å². The third-order valence-corrected chi connectivity index (χ3v) is 4.06. The number of carbonyl (C=O) groups excluding carboxylic acids is 1. The lowest BCUT2D eigenvalue weighted by Crippen LogP contribution is -2.29. The Morgan fingerprint density at radius 2 is 1.90 bits per heavy atom. The lowest BCUT2D eigenvalue weighted by atomic mass is 10.3. The second-order valence-corrected chi connectivity index (χ2v) is 6.67. The van der Waals surface area contributed by atoms with E-state index < -0.39 is 0 Å². The second kappa shape index (κ2) is 7.09. The van der Waals surface area contributed by atoms with Crippen LogP contribution in [0.15, 0.2) is 36.4 Å². The molecule has 0 spiro atoms. The average molecular weight is 329 g/mol. The van der Waals surface area contributed by atoms with Crippen molar-refractivity contribution in [3.63, 3.8) is 0 Å². The molecule has 2 aromatic rings. The van der Waals surface area contributed by atoms with E-state index in [9.17, 15) is 4.79 Å². The van der Waals surface area contributed by atoms with Gasteiger partial charge < -0.3 is 5.32 Å². The zero-order valence-corrected chi connectivity index (χ0v) is 13.2. The van der Waals surface area contributed by atoms with Gasteiger partial charge in [0.05, 0.1) is 10.9 Å². The van der Waals surface area contributed by atoms with Gasteiger partial charge >= 0.3 is 0 Å². The summed E-state index contributed by atoms with van der Waals surface area (Å²) in [6.07, 6.45) is 0. The third kappa shape index (κ3) is 4.80. The molecule has 0 radical (unpaired) electrons. The maximum Gasteiger partial charge on any atom is 0.238 e. The summed E-state index contributed by atoms with van der Waals surface area (Å²) in [4.78, 5) is 15.0. The van der Waals surface area contributed by atoms with Crippen LogP contribution < -0.4 is 5.32 Å². The summed E-state index contributed by atoms with van der Waals surface area (Å²) in [6, 6.07) is 10.9. The topological polar surface area (TPSA) is 32.3 Å². The molecule has 1 N–H and O–H groups in total. The third-order valence-electron chi connectivity index (χ3n) is 2.60. The molecule has 0 saturated carbocycles. The van der Waals surface area contributed by atoms with Gasteiger partial charge in [-0.3, -0.25) is 9.69 Å². The fourth-order valence-electron chi connectivity index (χ4n) is 1.74. The molecule has 0 aliphatic heterocycles. The van der Waals surface area contributed by atoms with Gasteiger partial charge in [0, 0.05) is 22.1 Å². The van der Waals surface area contributed by atoms with E-state index in [-0.39, 0.29) is 5.91 Å². The van der Waals surface area contributed by atoms with Gasteiger partial charge in [-0.2, -0.15) is 0 Å². The molecule has 0 unspecified atom stereocenters. The second-order valence-electron chi connectivity index (χ2n) is 4.43. The van der Waals surface area contributed by atoms with Gasteiger partial charge in [0.25, 0.3) is 0 Å². The number of nitrogens with zero attached hydrogens (tertiary/aromatic N) is 1. The normalized spacial score (nSPS) is 10.8. The summed E-state index contributed by atoms with van der Waals surface area (Å²) >= 11 is 13.2. The van der Waals surface area contributed by atoms with E-state index in [0.29, 0.717) is 18.1 Å². The molecule has 0 saturated heterocycles. The van der Waals surface area contributed by atoms with Gasteiger partial charge in [-0.05, 0) is 43.4 Å². The molecule has 0 aliphatic carbocycles. The van der Waals surface area contributed by atoms with Crippen LogP contribution in [-0.4, -0.2) is 24.4 Å². The maximum absolute atomic E-state index is 11.9. The largest absolute Gasteiger partial charge is 0.325 e. The summed E-state index contributed by atoms with van der Waals surface area (Å²) < 4.78 is 0.763. The first-order chi connectivity index (χ1) is 9.52. The summed E-state index contributed by atoms with van der Waals surface area (Å²) in [7, 11) is 1.90. The molecule has 2 rings (SSSR count). The van der Waals surface area contributed by atoms with E-state index in [1.165, 1.54) is 11.3 Å². The van der Waals surface area contributed by atoms with Gasteiger partial charge in [-0.1, -0.05) is 23.2 Å². The first-order valence-electron chi connectivity index (χ1n) is 6.01. The number of halogens is 2. The molecule has 0 aliphatic rings. The summed E-state index contributed by atoms with van der Waals surface area (Å²) in [5.41, 5.74) is 0.743. The molecule has 20 heavy (non-hydrogen) atoms. The number of hydrogen-bond acceptors (Lipinski definition) is 3. The van der Waals surface area contributed by atoms with E-state index in [0.717, 1.165) is 14.9 Å². The molecule has 1 amide bonds. The Morgan fingerprint density at radius 1 is 1.20 bits per heavy atom. The van der Waals surface area contributed by atoms with Crippen molar-refractivity contribution in [1.82, 2.24) is 4.90 Å². The van der Waals surface area contributed by atoms with Crippen molar-refractivity contribution in [2.45, 2.75) is 6.54 Å². The van der Waals surface area contributed by atoms with Crippen LogP contribution in [0.25, 0.3) is 0 Å². The Kier molecular flexibility index (Phi) is 5.43. The number of likely N-dealkylation sites (N-methyl/N-ethyl adjacent to an activating group) is 1. The van der Waals surface area contributed by atoms with Crippen LogP contribution in [0.2, 0.25) is 9.36 Å². The Morgan fingerprint density at radius 3 is 2.50 bits per heavy atom. The van der Waals surface area contributed by atoms with Gasteiger partial charge in [-0.15, -0.1) is 11.3 Å². The van der Waals surface area contributed by atoms with Crippen molar-refractivity contribution >= 4 is 46.1 Å². The molecule has 0 fully saturated rings. The van der Waals surface area contributed by atoms with Crippen molar-refractivity contribution in [2.24, 2.45) is 0 Å². The van der Waals surface area contributed by atoms with E-state index in [1.54, 1.807) is 24.3 Å². The first-order valence-corrected chi connectivity index (χ1v) is 7.58. The van der Waals surface area contributed by atoms with Gasteiger partial charge in [0.2, 0.25) is 5.91 Å². The number of thiophene rings is 1. The van der Waals surface area contributed by atoms with Crippen LogP contribution in [-0.2, 0) is 11.3 Å². The summed E-state index contributed by atoms with van der Waals surface area (Å²) in [6.45, 7) is 1.02. The number of rotatable bonds is 5. The van der Waals surface area contributed by atoms with E-state index in [4.69, 9.17) is 23.2 Å². The molecular formula is C14H14Cl2N2OS. The highest BCUT2D eigenvalue weighted by Crippen LogP contribution is 2.22. The van der Waals surface area contributed by atoms with Crippen molar-refractivity contribution < 1.29 is 4.79 Å². The molecule has 1 aromatic heterocycles. The Bertz CT molecular complexity index is 583. The van der Waals surface area contributed by atoms with Crippen molar-refractivity contribution in [2.75, 3.05) is 18.9 Å². The Hall–Kier alpha value is -1.07. The van der Waals surface area contributed by atoms with Crippen LogP contribution in [0.3, 0.4) is 0 Å². The smallest absolute Gasteiger partial charge is 0.238 e. The quantitative estimate of drug-likeness (QED) is 0.895. The predicted molar refractivity (Wildman–Crippen MR) is 85.7 cm³/mol. The van der Waals surface area contributed by atoms with E-state index >= 15 is 0 Å². The van der Waals surface area contributed by atoms with Crippen LogP contribution in [0.4, 0.5) is 5.69 Å². The minimum atomic E-state index is -0.0579. The minimum Gasteiger partial charge on any atom is -0.325 e. The monoisotopic (exact) mass is 328 g/mol. The molecule has 3 nitrogen and oxygen atoms in total. The fourth-order valence-corrected chi connectivity index (χ4v) is 3.03. The molecule has 106 valence electrons. The molecule has 6 heteroatoms. The molecule has 1 heterocycles. The number of hydrogen-bond donors (Lipinski definition) is 1. The van der Waals surface area contributed by atoms with Crippen molar-refractivity contribution in [3.05, 3.63) is 50.6 Å². The van der Waals surface area contributed by atoms with Crippen LogP contribution in [0, 0.1) is 0 Å².